The first-order chi connectivity index (χ1) is 8.08. The minimum absolute atomic E-state index is 0.330. The lowest BCUT2D eigenvalue weighted by molar-refractivity contribution is 0.107. The molecule has 0 spiro atoms. The zero-order valence-electron chi connectivity index (χ0n) is 11.3. The van der Waals surface area contributed by atoms with Crippen LogP contribution in [0.2, 0.25) is 0 Å². The summed E-state index contributed by atoms with van der Waals surface area (Å²) in [5, 5.41) is 11.7. The van der Waals surface area contributed by atoms with E-state index in [-0.39, 0.29) is 0 Å². The third-order valence-electron chi connectivity index (χ3n) is 3.88. The van der Waals surface area contributed by atoms with Crippen LogP contribution in [0.4, 0.5) is 0 Å². The Hall–Kier alpha value is -0.810. The molecule has 1 heterocycles. The van der Waals surface area contributed by atoms with Gasteiger partial charge in [-0.2, -0.15) is 0 Å². The smallest absolute Gasteiger partial charge is 0.140 e. The highest BCUT2D eigenvalue weighted by Gasteiger charge is 2.25. The molecule has 1 fully saturated rings. The molecular weight excluding hydrogens is 216 g/mol. The van der Waals surface area contributed by atoms with Crippen molar-refractivity contribution in [2.24, 2.45) is 10.9 Å². The minimum atomic E-state index is 0.330. The number of rotatable bonds is 5. The number of oxime groups is 1. The van der Waals surface area contributed by atoms with Gasteiger partial charge in [-0.15, -0.1) is 0 Å². The molecule has 1 saturated heterocycles. The summed E-state index contributed by atoms with van der Waals surface area (Å²) in [5.74, 6) is 0.330. The number of likely N-dealkylation sites (tertiary alicyclic amines) is 1. The number of piperidine rings is 1. The fourth-order valence-corrected chi connectivity index (χ4v) is 2.56. The van der Waals surface area contributed by atoms with Crippen LogP contribution in [0.5, 0.6) is 0 Å². The van der Waals surface area contributed by atoms with Crippen LogP contribution in [-0.4, -0.2) is 60.1 Å². The molecule has 0 aromatic rings. The molecule has 0 amide bonds. The monoisotopic (exact) mass is 242 g/mol. The van der Waals surface area contributed by atoms with E-state index in [1.54, 1.807) is 0 Å². The molecule has 100 valence electrons. The van der Waals surface area contributed by atoms with Gasteiger partial charge < -0.3 is 15.8 Å². The maximum atomic E-state index is 8.64. The van der Waals surface area contributed by atoms with Crippen LogP contribution in [0.15, 0.2) is 5.16 Å². The van der Waals surface area contributed by atoms with Gasteiger partial charge in [-0.05, 0) is 46.4 Å². The standard InChI is InChI=1S/C12H26N4O/c1-4-10(9-12(13)14-17)16(3)11-5-7-15(2)8-6-11/h10-11,17H,4-9H2,1-3H3,(H2,13,14). The molecule has 0 aromatic heterocycles. The summed E-state index contributed by atoms with van der Waals surface area (Å²) in [4.78, 5) is 4.78. The van der Waals surface area contributed by atoms with Crippen molar-refractivity contribution in [3.8, 4) is 0 Å². The predicted octanol–water partition coefficient (Wildman–Crippen LogP) is 0.928. The molecular formula is C12H26N4O. The van der Waals surface area contributed by atoms with E-state index in [4.69, 9.17) is 10.9 Å². The van der Waals surface area contributed by atoms with Crippen LogP contribution >= 0.6 is 0 Å². The second-order valence-electron chi connectivity index (χ2n) is 5.06. The lowest BCUT2D eigenvalue weighted by Gasteiger charge is -2.39. The van der Waals surface area contributed by atoms with Gasteiger partial charge in [-0.1, -0.05) is 12.1 Å². The van der Waals surface area contributed by atoms with Crippen LogP contribution in [0.1, 0.15) is 32.6 Å². The zero-order chi connectivity index (χ0) is 12.8. The Labute approximate surface area is 104 Å². The Morgan fingerprint density at radius 1 is 1.53 bits per heavy atom. The molecule has 0 bridgehead atoms. The van der Waals surface area contributed by atoms with Crippen LogP contribution in [0.3, 0.4) is 0 Å². The summed E-state index contributed by atoms with van der Waals surface area (Å²) in [6.45, 7) is 4.48. The molecule has 1 aliphatic heterocycles. The van der Waals surface area contributed by atoms with E-state index in [0.29, 0.717) is 24.3 Å². The van der Waals surface area contributed by atoms with Crippen molar-refractivity contribution in [3.05, 3.63) is 0 Å². The molecule has 1 rings (SSSR count). The average Bonchev–Trinajstić information content (AvgIpc) is 2.35. The van der Waals surface area contributed by atoms with E-state index >= 15 is 0 Å². The van der Waals surface area contributed by atoms with Gasteiger partial charge in [0.2, 0.25) is 0 Å². The van der Waals surface area contributed by atoms with Crippen LogP contribution in [0.25, 0.3) is 0 Å². The third-order valence-corrected chi connectivity index (χ3v) is 3.88. The van der Waals surface area contributed by atoms with Crippen molar-refractivity contribution in [3.63, 3.8) is 0 Å². The molecule has 0 aromatic carbocycles. The molecule has 1 aliphatic rings. The third kappa shape index (κ3) is 4.16. The Bertz CT molecular complexity index is 249. The van der Waals surface area contributed by atoms with Gasteiger partial charge in [0.05, 0.1) is 0 Å². The summed E-state index contributed by atoms with van der Waals surface area (Å²) in [6, 6.07) is 1.00. The van der Waals surface area contributed by atoms with Crippen LogP contribution in [0, 0.1) is 0 Å². The maximum absolute atomic E-state index is 8.64. The fourth-order valence-electron chi connectivity index (χ4n) is 2.56. The SMILES string of the molecule is CCC(C/C(N)=N/O)N(C)C1CCN(C)CC1. The van der Waals surface area contributed by atoms with E-state index in [9.17, 15) is 0 Å². The second kappa shape index (κ2) is 6.81. The number of hydrogen-bond donors (Lipinski definition) is 2. The maximum Gasteiger partial charge on any atom is 0.140 e. The quantitative estimate of drug-likeness (QED) is 0.326. The molecule has 0 radical (unpaired) electrons. The Morgan fingerprint density at radius 3 is 2.59 bits per heavy atom. The van der Waals surface area contributed by atoms with Crippen LogP contribution in [-0.2, 0) is 0 Å². The largest absolute Gasteiger partial charge is 0.409 e. The highest BCUT2D eigenvalue weighted by molar-refractivity contribution is 5.80. The molecule has 5 heteroatoms. The summed E-state index contributed by atoms with van der Waals surface area (Å²) < 4.78 is 0. The van der Waals surface area contributed by atoms with Crippen molar-refractivity contribution < 1.29 is 5.21 Å². The van der Waals surface area contributed by atoms with Gasteiger partial charge in [-0.25, -0.2) is 0 Å². The van der Waals surface area contributed by atoms with Crippen molar-refractivity contribution in [2.75, 3.05) is 27.2 Å². The van der Waals surface area contributed by atoms with Crippen molar-refractivity contribution in [2.45, 2.75) is 44.7 Å². The molecule has 3 N–H and O–H groups in total. The number of amidine groups is 1. The van der Waals surface area contributed by atoms with Crippen molar-refractivity contribution in [1.29, 1.82) is 0 Å². The lowest BCUT2D eigenvalue weighted by atomic mass is 10.00. The van der Waals surface area contributed by atoms with Crippen molar-refractivity contribution in [1.82, 2.24) is 9.80 Å². The summed E-state index contributed by atoms with van der Waals surface area (Å²) >= 11 is 0. The van der Waals surface area contributed by atoms with Gasteiger partial charge in [0.1, 0.15) is 5.84 Å². The van der Waals surface area contributed by atoms with Gasteiger partial charge >= 0.3 is 0 Å². The highest BCUT2D eigenvalue weighted by atomic mass is 16.4. The lowest BCUT2D eigenvalue weighted by Crippen LogP contribution is -2.47. The molecule has 17 heavy (non-hydrogen) atoms. The minimum Gasteiger partial charge on any atom is -0.409 e. The zero-order valence-corrected chi connectivity index (χ0v) is 11.3. The second-order valence-corrected chi connectivity index (χ2v) is 5.06. The van der Waals surface area contributed by atoms with E-state index in [1.807, 2.05) is 0 Å². The van der Waals surface area contributed by atoms with Gasteiger partial charge in [0.15, 0.2) is 0 Å². The van der Waals surface area contributed by atoms with Gasteiger partial charge in [0.25, 0.3) is 0 Å². The highest BCUT2D eigenvalue weighted by Crippen LogP contribution is 2.19. The summed E-state index contributed by atoms with van der Waals surface area (Å²) in [6.07, 6.45) is 4.09. The van der Waals surface area contributed by atoms with E-state index in [1.165, 1.54) is 12.8 Å². The summed E-state index contributed by atoms with van der Waals surface area (Å²) in [5.41, 5.74) is 5.60. The molecule has 1 atom stereocenters. The molecule has 5 nitrogen and oxygen atoms in total. The fraction of sp³-hybridized carbons (Fsp3) is 0.917. The molecule has 0 aliphatic carbocycles. The Balaban J connectivity index is 2.50. The van der Waals surface area contributed by atoms with E-state index in [2.05, 4.69) is 36.0 Å². The Kier molecular flexibility index (Phi) is 5.71. The molecule has 0 saturated carbocycles. The molecule has 1 unspecified atom stereocenters. The summed E-state index contributed by atoms with van der Waals surface area (Å²) in [7, 11) is 4.33. The first-order valence-electron chi connectivity index (χ1n) is 6.45. The van der Waals surface area contributed by atoms with Crippen molar-refractivity contribution >= 4 is 5.84 Å². The van der Waals surface area contributed by atoms with Crippen LogP contribution < -0.4 is 5.73 Å². The van der Waals surface area contributed by atoms with E-state index in [0.717, 1.165) is 19.5 Å². The number of hydrogen-bond acceptors (Lipinski definition) is 4. The Morgan fingerprint density at radius 2 is 2.12 bits per heavy atom. The topological polar surface area (TPSA) is 65.1 Å². The number of nitrogens with two attached hydrogens (primary N) is 1. The average molecular weight is 242 g/mol. The van der Waals surface area contributed by atoms with E-state index < -0.39 is 0 Å². The normalized spacial score (nSPS) is 22.0. The number of nitrogens with zero attached hydrogens (tertiary/aromatic N) is 3. The predicted molar refractivity (Wildman–Crippen MR) is 70.4 cm³/mol. The van der Waals surface area contributed by atoms with Gasteiger partial charge in [-0.3, -0.25) is 4.90 Å². The first-order valence-corrected chi connectivity index (χ1v) is 6.45. The first kappa shape index (κ1) is 14.3. The van der Waals surface area contributed by atoms with Gasteiger partial charge in [0, 0.05) is 18.5 Å².